The molecule has 0 aromatic carbocycles. The third-order valence-corrected chi connectivity index (χ3v) is 2.14. The van der Waals surface area contributed by atoms with Gasteiger partial charge in [-0.2, -0.15) is 0 Å². The normalized spacial score (nSPS) is 10.7. The number of hydrogen-bond acceptors (Lipinski definition) is 4. The second-order valence-corrected chi connectivity index (χ2v) is 3.49. The largest absolute Gasteiger partial charge is 0.408 e. The number of aromatic nitrogens is 3. The van der Waals surface area contributed by atoms with E-state index in [1.807, 2.05) is 37.5 Å². The van der Waals surface area contributed by atoms with E-state index in [2.05, 4.69) is 9.97 Å². The van der Waals surface area contributed by atoms with Gasteiger partial charge in [0.05, 0.1) is 11.8 Å². The Bertz CT molecular complexity index is 476. The van der Waals surface area contributed by atoms with E-state index < -0.39 is 0 Å². The number of hydrogen-bond donors (Lipinski definition) is 1. The van der Waals surface area contributed by atoms with Crippen LogP contribution in [0, 0.1) is 0 Å². The van der Waals surface area contributed by atoms with Gasteiger partial charge >= 0.3 is 0 Å². The summed E-state index contributed by atoms with van der Waals surface area (Å²) in [5, 5.41) is 0. The average Bonchev–Trinajstić information content (AvgIpc) is 2.47. The summed E-state index contributed by atoms with van der Waals surface area (Å²) in [6.07, 6.45) is 1.76. The molecule has 2 heterocycles. The van der Waals surface area contributed by atoms with Gasteiger partial charge in [0.15, 0.2) is 0 Å². The molecule has 2 N–H and O–H groups in total. The number of pyridine rings is 1. The first-order valence-corrected chi connectivity index (χ1v) is 4.34. The molecule has 6 heteroatoms. The van der Waals surface area contributed by atoms with Crippen LogP contribution >= 0.6 is 0 Å². The highest BCUT2D eigenvalue weighted by Gasteiger charge is 2.09. The number of anilines is 2. The lowest BCUT2D eigenvalue weighted by atomic mass is 10.3. The SMILES string of the molecule is BN(C)c1nc(N)cc2c1ncn2C. The van der Waals surface area contributed by atoms with E-state index in [1.165, 1.54) is 0 Å². The van der Waals surface area contributed by atoms with Crippen molar-refractivity contribution in [2.75, 3.05) is 17.6 Å². The van der Waals surface area contributed by atoms with Crippen LogP contribution in [-0.2, 0) is 7.05 Å². The van der Waals surface area contributed by atoms with Gasteiger partial charge in [-0.25, -0.2) is 9.97 Å². The van der Waals surface area contributed by atoms with Gasteiger partial charge in [-0.3, -0.25) is 0 Å². The lowest BCUT2D eigenvalue weighted by molar-refractivity contribution is 0.947. The Labute approximate surface area is 83.0 Å². The van der Waals surface area contributed by atoms with Crippen LogP contribution in [0.4, 0.5) is 11.6 Å². The minimum absolute atomic E-state index is 0.518. The summed E-state index contributed by atoms with van der Waals surface area (Å²) in [4.78, 5) is 10.4. The maximum Gasteiger partial charge on any atom is 0.219 e. The van der Waals surface area contributed by atoms with Crippen LogP contribution in [0.1, 0.15) is 0 Å². The standard InChI is InChI=1S/C8H12BN5/c1-13-4-11-7-5(13)3-6(10)12-8(7)14(2)9/h3-4H,9H2,1-2H3,(H2,10,12). The molecule has 0 bridgehead atoms. The van der Waals surface area contributed by atoms with Crippen molar-refractivity contribution in [3.05, 3.63) is 12.4 Å². The Hall–Kier alpha value is -1.72. The monoisotopic (exact) mass is 189 g/mol. The van der Waals surface area contributed by atoms with Crippen LogP contribution in [0.5, 0.6) is 0 Å². The zero-order chi connectivity index (χ0) is 10.3. The highest BCUT2D eigenvalue weighted by atomic mass is 15.1. The second-order valence-electron chi connectivity index (χ2n) is 3.49. The Morgan fingerprint density at radius 1 is 1.57 bits per heavy atom. The van der Waals surface area contributed by atoms with Gasteiger partial charge in [0.1, 0.15) is 17.2 Å². The maximum absolute atomic E-state index is 5.71. The third kappa shape index (κ3) is 1.19. The summed E-state index contributed by atoms with van der Waals surface area (Å²) < 4.78 is 1.93. The summed E-state index contributed by atoms with van der Waals surface area (Å²) in [5.41, 5.74) is 7.59. The van der Waals surface area contributed by atoms with E-state index in [0.717, 1.165) is 16.9 Å². The van der Waals surface area contributed by atoms with Gasteiger partial charge in [-0.05, 0) is 7.05 Å². The third-order valence-electron chi connectivity index (χ3n) is 2.14. The van der Waals surface area contributed by atoms with Crippen LogP contribution in [-0.4, -0.2) is 29.6 Å². The zero-order valence-electron chi connectivity index (χ0n) is 8.52. The summed E-state index contributed by atoms with van der Waals surface area (Å²) in [5.74, 6) is 1.32. The van der Waals surface area contributed by atoms with Crippen LogP contribution in [0.25, 0.3) is 11.0 Å². The molecular weight excluding hydrogens is 177 g/mol. The predicted octanol–water partition coefficient (Wildman–Crippen LogP) is -0.465. The number of nitrogen functional groups attached to an aromatic ring is 1. The number of rotatable bonds is 1. The molecule has 0 amide bonds. The van der Waals surface area contributed by atoms with Crippen molar-refractivity contribution in [2.45, 2.75) is 0 Å². The zero-order valence-corrected chi connectivity index (χ0v) is 8.52. The maximum atomic E-state index is 5.71. The first kappa shape index (κ1) is 8.86. The highest BCUT2D eigenvalue weighted by molar-refractivity contribution is 6.19. The van der Waals surface area contributed by atoms with Gasteiger partial charge in [-0.15, -0.1) is 0 Å². The number of fused-ring (bicyclic) bond motifs is 1. The minimum atomic E-state index is 0.518. The molecule has 0 saturated carbocycles. The molecule has 2 aromatic rings. The molecule has 2 rings (SSSR count). The van der Waals surface area contributed by atoms with Crippen molar-refractivity contribution < 1.29 is 0 Å². The summed E-state index contributed by atoms with van der Waals surface area (Å²) in [7, 11) is 5.79. The molecule has 2 aromatic heterocycles. The van der Waals surface area contributed by atoms with E-state index in [4.69, 9.17) is 5.73 Å². The summed E-state index contributed by atoms with van der Waals surface area (Å²) in [6.45, 7) is 0. The topological polar surface area (TPSA) is 60.0 Å². The van der Waals surface area contributed by atoms with E-state index >= 15 is 0 Å². The van der Waals surface area contributed by atoms with Gasteiger partial charge < -0.3 is 15.1 Å². The Balaban J connectivity index is 2.82. The molecule has 0 fully saturated rings. The number of nitrogens with zero attached hydrogens (tertiary/aromatic N) is 4. The van der Waals surface area contributed by atoms with Crippen molar-refractivity contribution in [2.24, 2.45) is 7.05 Å². The molecule has 0 spiro atoms. The molecule has 0 aliphatic carbocycles. The molecule has 72 valence electrons. The number of imidazole rings is 1. The molecule has 14 heavy (non-hydrogen) atoms. The van der Waals surface area contributed by atoms with Gasteiger partial charge in [0.2, 0.25) is 7.98 Å². The first-order chi connectivity index (χ1) is 6.59. The Kier molecular flexibility index (Phi) is 1.84. The lowest BCUT2D eigenvalue weighted by Crippen LogP contribution is -2.14. The average molecular weight is 189 g/mol. The predicted molar refractivity (Wildman–Crippen MR) is 59.9 cm³/mol. The molecule has 0 unspecified atom stereocenters. The minimum Gasteiger partial charge on any atom is -0.408 e. The summed E-state index contributed by atoms with van der Waals surface area (Å²) in [6, 6.07) is 1.83. The van der Waals surface area contributed by atoms with E-state index in [0.29, 0.717) is 5.82 Å². The van der Waals surface area contributed by atoms with E-state index in [-0.39, 0.29) is 0 Å². The fraction of sp³-hybridized carbons (Fsp3) is 0.250. The highest BCUT2D eigenvalue weighted by Crippen LogP contribution is 2.23. The fourth-order valence-corrected chi connectivity index (χ4v) is 1.44. The Morgan fingerprint density at radius 2 is 2.29 bits per heavy atom. The van der Waals surface area contributed by atoms with Crippen molar-refractivity contribution >= 4 is 30.7 Å². The second kappa shape index (κ2) is 2.90. The summed E-state index contributed by atoms with van der Waals surface area (Å²) >= 11 is 0. The molecule has 0 saturated heterocycles. The Morgan fingerprint density at radius 3 is 2.93 bits per heavy atom. The molecule has 0 aliphatic heterocycles. The number of aryl methyl sites for hydroxylation is 1. The van der Waals surface area contributed by atoms with Crippen LogP contribution in [0.2, 0.25) is 0 Å². The van der Waals surface area contributed by atoms with Crippen molar-refractivity contribution in [3.63, 3.8) is 0 Å². The molecule has 5 nitrogen and oxygen atoms in total. The van der Waals surface area contributed by atoms with Crippen molar-refractivity contribution in [3.8, 4) is 0 Å². The molecule has 0 atom stereocenters. The molecular formula is C8H12BN5. The van der Waals surface area contributed by atoms with Gasteiger partial charge in [-0.1, -0.05) is 0 Å². The number of nitrogens with two attached hydrogens (primary N) is 1. The van der Waals surface area contributed by atoms with Crippen LogP contribution < -0.4 is 10.5 Å². The van der Waals surface area contributed by atoms with Gasteiger partial charge in [0, 0.05) is 13.1 Å². The van der Waals surface area contributed by atoms with Crippen molar-refractivity contribution in [1.82, 2.24) is 14.5 Å². The van der Waals surface area contributed by atoms with Crippen LogP contribution in [0.3, 0.4) is 0 Å². The molecule has 0 radical (unpaired) electrons. The quantitative estimate of drug-likeness (QED) is 0.616. The van der Waals surface area contributed by atoms with Crippen LogP contribution in [0.15, 0.2) is 12.4 Å². The van der Waals surface area contributed by atoms with E-state index in [1.54, 1.807) is 6.33 Å². The molecule has 0 aliphatic rings. The van der Waals surface area contributed by atoms with Crippen molar-refractivity contribution in [1.29, 1.82) is 0 Å². The fourth-order valence-electron chi connectivity index (χ4n) is 1.44. The smallest absolute Gasteiger partial charge is 0.219 e. The first-order valence-electron chi connectivity index (χ1n) is 4.34. The van der Waals surface area contributed by atoms with E-state index in [9.17, 15) is 0 Å². The lowest BCUT2D eigenvalue weighted by Gasteiger charge is -2.12. The van der Waals surface area contributed by atoms with Gasteiger partial charge in [0.25, 0.3) is 0 Å².